The topological polar surface area (TPSA) is 71.3 Å². The van der Waals surface area contributed by atoms with Crippen LogP contribution in [0.2, 0.25) is 10.0 Å². The van der Waals surface area contributed by atoms with Gasteiger partial charge in [-0.2, -0.15) is 0 Å². The molecule has 3 aromatic rings. The number of nitrogens with zero attached hydrogens (tertiary/aromatic N) is 1. The monoisotopic (exact) mass is 418 g/mol. The molecule has 0 aliphatic heterocycles. The molecular formula is C21H20Cl2N2O3. The Balaban J connectivity index is 1.93. The molecule has 1 heterocycles. The number of carbonyl (C=O) groups is 1. The fourth-order valence-corrected chi connectivity index (χ4v) is 3.32. The third-order valence-corrected chi connectivity index (χ3v) is 5.55. The van der Waals surface area contributed by atoms with Gasteiger partial charge in [-0.05, 0) is 49.7 Å². The van der Waals surface area contributed by atoms with Crippen LogP contribution in [0.25, 0.3) is 10.8 Å². The minimum absolute atomic E-state index is 0.136. The molecule has 0 aliphatic carbocycles. The summed E-state index contributed by atoms with van der Waals surface area (Å²) in [6.07, 6.45) is 1.63. The quantitative estimate of drug-likeness (QED) is 0.635. The Morgan fingerprint density at radius 1 is 1.11 bits per heavy atom. The summed E-state index contributed by atoms with van der Waals surface area (Å²) in [5.74, 6) is -0.682. The third kappa shape index (κ3) is 3.92. The highest BCUT2D eigenvalue weighted by Gasteiger charge is 2.18. The molecule has 1 aromatic heterocycles. The zero-order chi connectivity index (χ0) is 20.4. The van der Waals surface area contributed by atoms with Crippen LogP contribution in [0.1, 0.15) is 31.4 Å². The number of aliphatic hydroxyl groups excluding tert-OH is 1. The number of pyridine rings is 1. The molecule has 0 bridgehead atoms. The summed E-state index contributed by atoms with van der Waals surface area (Å²) < 4.78 is 1.48. The summed E-state index contributed by atoms with van der Waals surface area (Å²) in [6.45, 7) is 3.40. The van der Waals surface area contributed by atoms with E-state index in [1.807, 2.05) is 0 Å². The molecule has 3 rings (SSSR count). The van der Waals surface area contributed by atoms with Gasteiger partial charge in [0.05, 0.1) is 28.6 Å². The SMILES string of the molecule is C[C@H](C(=O)Nc1cccc2c(=O)n([C@@H](C)CO)ccc12)c1ccc(Cl)c(Cl)c1. The van der Waals surface area contributed by atoms with Crippen LogP contribution in [0.15, 0.2) is 53.5 Å². The average molecular weight is 419 g/mol. The summed E-state index contributed by atoms with van der Waals surface area (Å²) in [5, 5.41) is 14.2. The van der Waals surface area contributed by atoms with Gasteiger partial charge in [0.15, 0.2) is 0 Å². The van der Waals surface area contributed by atoms with E-state index >= 15 is 0 Å². The predicted molar refractivity (Wildman–Crippen MR) is 114 cm³/mol. The number of amides is 1. The second-order valence-corrected chi connectivity index (χ2v) is 7.53. The van der Waals surface area contributed by atoms with Crippen molar-refractivity contribution in [3.8, 4) is 0 Å². The number of carbonyl (C=O) groups excluding carboxylic acids is 1. The van der Waals surface area contributed by atoms with Crippen LogP contribution < -0.4 is 10.9 Å². The fraction of sp³-hybridized carbons (Fsp3) is 0.238. The first-order valence-corrected chi connectivity index (χ1v) is 9.59. The largest absolute Gasteiger partial charge is 0.394 e. The molecule has 0 fully saturated rings. The molecule has 7 heteroatoms. The standard InChI is InChI=1S/C21H20Cl2N2O3/c1-12(11-26)25-9-8-15-16(21(25)28)4-3-5-19(15)24-20(27)13(2)14-6-7-17(22)18(23)10-14/h3-10,12-13,26H,11H2,1-2H3,(H,24,27)/t12-,13-/m0/s1. The second kappa shape index (κ2) is 8.35. The molecule has 0 spiro atoms. The number of aromatic nitrogens is 1. The van der Waals surface area contributed by atoms with Crippen LogP contribution in [0.3, 0.4) is 0 Å². The van der Waals surface area contributed by atoms with Gasteiger partial charge in [-0.15, -0.1) is 0 Å². The Morgan fingerprint density at radius 3 is 2.54 bits per heavy atom. The smallest absolute Gasteiger partial charge is 0.258 e. The van der Waals surface area contributed by atoms with E-state index in [0.717, 1.165) is 5.56 Å². The van der Waals surface area contributed by atoms with E-state index in [2.05, 4.69) is 5.32 Å². The van der Waals surface area contributed by atoms with Gasteiger partial charge in [-0.25, -0.2) is 0 Å². The first-order chi connectivity index (χ1) is 13.3. The highest BCUT2D eigenvalue weighted by Crippen LogP contribution is 2.28. The summed E-state index contributed by atoms with van der Waals surface area (Å²) >= 11 is 12.0. The van der Waals surface area contributed by atoms with Crippen molar-refractivity contribution in [3.63, 3.8) is 0 Å². The Morgan fingerprint density at radius 2 is 1.86 bits per heavy atom. The molecule has 0 saturated carbocycles. The van der Waals surface area contributed by atoms with Crippen LogP contribution in [0, 0.1) is 0 Å². The lowest BCUT2D eigenvalue weighted by atomic mass is 10.00. The lowest BCUT2D eigenvalue weighted by Crippen LogP contribution is -2.25. The zero-order valence-corrected chi connectivity index (χ0v) is 17.0. The van der Waals surface area contributed by atoms with Gasteiger partial charge < -0.3 is 15.0 Å². The van der Waals surface area contributed by atoms with E-state index in [4.69, 9.17) is 23.2 Å². The van der Waals surface area contributed by atoms with E-state index in [1.54, 1.807) is 62.5 Å². The Hall–Kier alpha value is -2.34. The Labute approximate surface area is 172 Å². The maximum atomic E-state index is 12.8. The molecule has 1 amide bonds. The predicted octanol–water partition coefficient (Wildman–Crippen LogP) is 4.60. The van der Waals surface area contributed by atoms with E-state index in [1.165, 1.54) is 4.57 Å². The van der Waals surface area contributed by atoms with E-state index in [9.17, 15) is 14.7 Å². The molecule has 5 nitrogen and oxygen atoms in total. The molecule has 2 aromatic carbocycles. The maximum Gasteiger partial charge on any atom is 0.258 e. The van der Waals surface area contributed by atoms with Crippen LogP contribution in [0.5, 0.6) is 0 Å². The van der Waals surface area contributed by atoms with Gasteiger partial charge in [-0.3, -0.25) is 9.59 Å². The highest BCUT2D eigenvalue weighted by molar-refractivity contribution is 6.42. The normalized spacial score (nSPS) is 13.3. The van der Waals surface area contributed by atoms with E-state index in [-0.39, 0.29) is 24.1 Å². The first-order valence-electron chi connectivity index (χ1n) is 8.84. The number of rotatable bonds is 5. The molecule has 0 radical (unpaired) electrons. The lowest BCUT2D eigenvalue weighted by Gasteiger charge is -2.16. The zero-order valence-electron chi connectivity index (χ0n) is 15.4. The molecule has 146 valence electrons. The van der Waals surface area contributed by atoms with Gasteiger partial charge >= 0.3 is 0 Å². The van der Waals surface area contributed by atoms with Gasteiger partial charge in [0.2, 0.25) is 5.91 Å². The molecule has 0 aliphatic rings. The van der Waals surface area contributed by atoms with Crippen LogP contribution in [-0.2, 0) is 4.79 Å². The van der Waals surface area contributed by atoms with Crippen molar-refractivity contribution in [2.24, 2.45) is 0 Å². The van der Waals surface area contributed by atoms with Crippen LogP contribution >= 0.6 is 23.2 Å². The van der Waals surface area contributed by atoms with Crippen molar-refractivity contribution in [3.05, 3.63) is 74.6 Å². The maximum absolute atomic E-state index is 12.8. The highest BCUT2D eigenvalue weighted by atomic mass is 35.5. The van der Waals surface area contributed by atoms with Gasteiger partial charge in [0, 0.05) is 22.7 Å². The van der Waals surface area contributed by atoms with Crippen LogP contribution in [-0.4, -0.2) is 22.2 Å². The number of aliphatic hydroxyl groups is 1. The second-order valence-electron chi connectivity index (χ2n) is 6.71. The summed E-state index contributed by atoms with van der Waals surface area (Å²) in [5.41, 5.74) is 1.08. The summed E-state index contributed by atoms with van der Waals surface area (Å²) in [6, 6.07) is 11.7. The van der Waals surface area contributed by atoms with Crippen molar-refractivity contribution < 1.29 is 9.90 Å². The van der Waals surface area contributed by atoms with Crippen molar-refractivity contribution in [1.82, 2.24) is 4.57 Å². The molecule has 0 unspecified atom stereocenters. The summed E-state index contributed by atoms with van der Waals surface area (Å²) in [7, 11) is 0. The number of hydrogen-bond acceptors (Lipinski definition) is 3. The number of hydrogen-bond donors (Lipinski definition) is 2. The Kier molecular flexibility index (Phi) is 6.08. The molecule has 28 heavy (non-hydrogen) atoms. The van der Waals surface area contributed by atoms with E-state index < -0.39 is 5.92 Å². The molecular weight excluding hydrogens is 399 g/mol. The van der Waals surface area contributed by atoms with Crippen molar-refractivity contribution in [1.29, 1.82) is 0 Å². The molecule has 2 N–H and O–H groups in total. The van der Waals surface area contributed by atoms with Crippen LogP contribution in [0.4, 0.5) is 5.69 Å². The first kappa shape index (κ1) is 20.4. The van der Waals surface area contributed by atoms with Gasteiger partial charge in [0.1, 0.15) is 0 Å². The van der Waals surface area contributed by atoms with Crippen molar-refractivity contribution >= 4 is 45.6 Å². The van der Waals surface area contributed by atoms with Gasteiger partial charge in [0.25, 0.3) is 5.56 Å². The molecule has 0 saturated heterocycles. The third-order valence-electron chi connectivity index (χ3n) is 4.81. The lowest BCUT2D eigenvalue weighted by molar-refractivity contribution is -0.117. The number of fused-ring (bicyclic) bond motifs is 1. The fourth-order valence-electron chi connectivity index (χ4n) is 3.01. The van der Waals surface area contributed by atoms with Gasteiger partial charge in [-0.1, -0.05) is 35.3 Å². The number of halogens is 2. The number of anilines is 1. The molecule has 2 atom stereocenters. The van der Waals surface area contributed by atoms with Crippen molar-refractivity contribution in [2.75, 3.05) is 11.9 Å². The average Bonchev–Trinajstić information content (AvgIpc) is 2.69. The van der Waals surface area contributed by atoms with E-state index in [0.29, 0.717) is 26.5 Å². The van der Waals surface area contributed by atoms with Crippen molar-refractivity contribution in [2.45, 2.75) is 25.8 Å². The number of nitrogens with one attached hydrogen (secondary N) is 1. The number of benzene rings is 2. The minimum atomic E-state index is -0.459. The minimum Gasteiger partial charge on any atom is -0.394 e. The summed E-state index contributed by atoms with van der Waals surface area (Å²) in [4.78, 5) is 25.5. The Bertz CT molecular complexity index is 1090.